The maximum Gasteiger partial charge on any atom is 0.416 e. The highest BCUT2D eigenvalue weighted by molar-refractivity contribution is 6.39. The molecule has 1 aromatic heterocycles. The molecule has 0 unspecified atom stereocenters. The Balaban J connectivity index is 1.35. The largest absolute Gasteiger partial charge is 0.458 e. The Labute approximate surface area is 293 Å². The lowest BCUT2D eigenvalue weighted by atomic mass is 9.92. The van der Waals surface area contributed by atoms with Crippen molar-refractivity contribution in [3.63, 3.8) is 0 Å². The average Bonchev–Trinajstić information content (AvgIpc) is 3.00. The zero-order valence-electron chi connectivity index (χ0n) is 28.4. The van der Waals surface area contributed by atoms with Crippen molar-refractivity contribution >= 4 is 47.0 Å². The second kappa shape index (κ2) is 16.2. The Morgan fingerprint density at radius 2 is 1.44 bits per heavy atom. The quantitative estimate of drug-likeness (QED) is 0.212. The number of nitrogens with zero attached hydrogens (tertiary/aromatic N) is 2. The molecule has 48 heavy (non-hydrogen) atoms. The molecule has 1 N–H and O–H groups in total. The third-order valence-corrected chi connectivity index (χ3v) is 8.26. The highest BCUT2D eigenvalue weighted by Crippen LogP contribution is 2.30. The molecule has 0 radical (unpaired) electrons. The number of benzene rings is 2. The summed E-state index contributed by atoms with van der Waals surface area (Å²) in [5, 5.41) is 3.14. The number of nitrogens with one attached hydrogen (secondary N) is 1. The molecule has 0 aliphatic heterocycles. The second-order valence-corrected chi connectivity index (χ2v) is 14.8. The van der Waals surface area contributed by atoms with Gasteiger partial charge in [-0.25, -0.2) is 14.6 Å². The SMILES string of the molecule is CC(C)(C)OC(=O)[C@H](Cc1ccc(COC2CCC(N(C(=O)OC(C)(C)C)c3ccccn3)CC2)cc1)NC(=O)c1c(Cl)cccc1Cl. The molecule has 0 saturated heterocycles. The fourth-order valence-corrected chi connectivity index (χ4v) is 6.01. The predicted molar refractivity (Wildman–Crippen MR) is 187 cm³/mol. The number of esters is 1. The smallest absolute Gasteiger partial charge is 0.416 e. The third-order valence-electron chi connectivity index (χ3n) is 7.63. The van der Waals surface area contributed by atoms with E-state index in [9.17, 15) is 14.4 Å². The van der Waals surface area contributed by atoms with Crippen LogP contribution in [0.25, 0.3) is 0 Å². The van der Waals surface area contributed by atoms with E-state index < -0.39 is 35.2 Å². The van der Waals surface area contributed by atoms with E-state index in [1.165, 1.54) is 0 Å². The molecule has 9 nitrogen and oxygen atoms in total. The van der Waals surface area contributed by atoms with E-state index in [-0.39, 0.29) is 34.2 Å². The van der Waals surface area contributed by atoms with Crippen LogP contribution in [0.3, 0.4) is 0 Å². The van der Waals surface area contributed by atoms with Gasteiger partial charge in [-0.15, -0.1) is 0 Å². The van der Waals surface area contributed by atoms with Crippen LogP contribution in [0.1, 0.15) is 88.7 Å². The van der Waals surface area contributed by atoms with Crippen LogP contribution in [0.15, 0.2) is 66.9 Å². The molecule has 0 bridgehead atoms. The highest BCUT2D eigenvalue weighted by atomic mass is 35.5. The number of pyridine rings is 1. The van der Waals surface area contributed by atoms with Gasteiger partial charge in [-0.2, -0.15) is 0 Å². The number of carbonyl (C=O) groups excluding carboxylic acids is 3. The van der Waals surface area contributed by atoms with Crippen molar-refractivity contribution in [3.05, 3.63) is 93.6 Å². The van der Waals surface area contributed by atoms with Crippen molar-refractivity contribution in [2.24, 2.45) is 0 Å². The van der Waals surface area contributed by atoms with Gasteiger partial charge in [0.25, 0.3) is 5.91 Å². The normalized spacial score (nSPS) is 17.2. The number of anilines is 1. The van der Waals surface area contributed by atoms with Crippen LogP contribution in [0.5, 0.6) is 0 Å². The minimum Gasteiger partial charge on any atom is -0.458 e. The van der Waals surface area contributed by atoms with Gasteiger partial charge in [0.1, 0.15) is 23.1 Å². The van der Waals surface area contributed by atoms with Crippen molar-refractivity contribution < 1.29 is 28.6 Å². The van der Waals surface area contributed by atoms with E-state index in [1.54, 1.807) is 50.1 Å². The number of carbonyl (C=O) groups is 3. The molecular formula is C37H45Cl2N3O6. The van der Waals surface area contributed by atoms with Crippen LogP contribution in [0, 0.1) is 0 Å². The number of amides is 2. The Kier molecular flexibility index (Phi) is 12.5. The molecular weight excluding hydrogens is 653 g/mol. The topological polar surface area (TPSA) is 107 Å². The molecule has 1 atom stereocenters. The van der Waals surface area contributed by atoms with Crippen molar-refractivity contribution in [3.8, 4) is 0 Å². The molecule has 11 heteroatoms. The lowest BCUT2D eigenvalue weighted by molar-refractivity contribution is -0.157. The first-order valence-corrected chi connectivity index (χ1v) is 17.0. The molecule has 1 saturated carbocycles. The summed E-state index contributed by atoms with van der Waals surface area (Å²) in [6.07, 6.45) is 4.65. The number of halogens is 2. The van der Waals surface area contributed by atoms with E-state index >= 15 is 0 Å². The number of aromatic nitrogens is 1. The summed E-state index contributed by atoms with van der Waals surface area (Å²) in [6.45, 7) is 11.3. The summed E-state index contributed by atoms with van der Waals surface area (Å²) in [5.74, 6) is -0.539. The number of hydrogen-bond donors (Lipinski definition) is 1. The van der Waals surface area contributed by atoms with Crippen LogP contribution >= 0.6 is 23.2 Å². The van der Waals surface area contributed by atoms with Gasteiger partial charge in [0.05, 0.1) is 28.3 Å². The molecule has 4 rings (SSSR count). The molecule has 0 spiro atoms. The summed E-state index contributed by atoms with van der Waals surface area (Å²) in [5.41, 5.74) is 0.553. The number of rotatable bonds is 10. The van der Waals surface area contributed by atoms with E-state index in [1.807, 2.05) is 63.2 Å². The lowest BCUT2D eigenvalue weighted by Crippen LogP contribution is -2.46. The Hall–Kier alpha value is -3.66. The summed E-state index contributed by atoms with van der Waals surface area (Å²) < 4.78 is 17.6. The van der Waals surface area contributed by atoms with Gasteiger partial charge < -0.3 is 19.5 Å². The van der Waals surface area contributed by atoms with Gasteiger partial charge in [-0.1, -0.05) is 59.6 Å². The van der Waals surface area contributed by atoms with Crippen molar-refractivity contribution in [2.45, 2.75) is 110 Å². The first-order chi connectivity index (χ1) is 22.6. The maximum atomic E-state index is 13.2. The molecule has 3 aromatic rings. The maximum absolute atomic E-state index is 13.2. The summed E-state index contributed by atoms with van der Waals surface area (Å²) >= 11 is 12.5. The average molecular weight is 699 g/mol. The van der Waals surface area contributed by atoms with Gasteiger partial charge in [-0.3, -0.25) is 9.69 Å². The van der Waals surface area contributed by atoms with E-state index in [0.29, 0.717) is 12.4 Å². The van der Waals surface area contributed by atoms with E-state index in [0.717, 1.165) is 36.8 Å². The van der Waals surface area contributed by atoms with Crippen LogP contribution < -0.4 is 10.2 Å². The standard InChI is InChI=1S/C37H45Cl2N3O6/c1-36(2,3)47-34(44)30(41-33(43)32-28(38)10-9-11-29(32)39)22-24-13-15-25(16-14-24)23-46-27-19-17-26(18-20-27)42(31-12-7-8-21-40-31)35(45)48-37(4,5)6/h7-16,21,26-27,30H,17-20,22-23H2,1-6H3,(H,41,43)/t26?,27?,30-/m0/s1. The van der Waals surface area contributed by atoms with Gasteiger partial charge in [0.2, 0.25) is 0 Å². The zero-order chi connectivity index (χ0) is 35.1. The molecule has 2 aromatic carbocycles. The Morgan fingerprint density at radius 1 is 0.833 bits per heavy atom. The summed E-state index contributed by atoms with van der Waals surface area (Å²) in [6, 6.07) is 17.0. The lowest BCUT2D eigenvalue weighted by Gasteiger charge is -2.37. The minimum atomic E-state index is -0.965. The molecule has 1 aliphatic rings. The minimum absolute atomic E-state index is 0.0405. The fourth-order valence-electron chi connectivity index (χ4n) is 5.44. The van der Waals surface area contributed by atoms with Gasteiger partial charge in [0.15, 0.2) is 0 Å². The number of ether oxygens (including phenoxy) is 3. The molecule has 1 aliphatic carbocycles. The molecule has 1 fully saturated rings. The fraction of sp³-hybridized carbons (Fsp3) is 0.459. The van der Waals surface area contributed by atoms with Gasteiger partial charge >= 0.3 is 12.1 Å². The van der Waals surface area contributed by atoms with Crippen molar-refractivity contribution in [1.29, 1.82) is 0 Å². The van der Waals surface area contributed by atoms with Crippen molar-refractivity contribution in [1.82, 2.24) is 10.3 Å². The molecule has 1 heterocycles. The van der Waals surface area contributed by atoms with Crippen LogP contribution in [0.4, 0.5) is 10.6 Å². The number of hydrogen-bond acceptors (Lipinski definition) is 7. The molecule has 258 valence electrons. The first kappa shape index (κ1) is 37.2. The first-order valence-electron chi connectivity index (χ1n) is 16.2. The zero-order valence-corrected chi connectivity index (χ0v) is 29.9. The van der Waals surface area contributed by atoms with Gasteiger partial charge in [0, 0.05) is 18.7 Å². The predicted octanol–water partition coefficient (Wildman–Crippen LogP) is 8.34. The van der Waals surface area contributed by atoms with Crippen LogP contribution in [0.2, 0.25) is 10.0 Å². The summed E-state index contributed by atoms with van der Waals surface area (Å²) in [4.78, 5) is 45.5. The second-order valence-electron chi connectivity index (χ2n) is 14.0. The monoisotopic (exact) mass is 697 g/mol. The third kappa shape index (κ3) is 10.9. The van der Waals surface area contributed by atoms with Crippen LogP contribution in [-0.4, -0.2) is 52.3 Å². The Morgan fingerprint density at radius 3 is 2.00 bits per heavy atom. The van der Waals surface area contributed by atoms with Gasteiger partial charge in [-0.05, 0) is 103 Å². The van der Waals surface area contributed by atoms with E-state index in [4.69, 9.17) is 37.4 Å². The van der Waals surface area contributed by atoms with E-state index in [2.05, 4.69) is 10.3 Å². The summed E-state index contributed by atoms with van der Waals surface area (Å²) in [7, 11) is 0. The molecule has 2 amide bonds. The van der Waals surface area contributed by atoms with Crippen molar-refractivity contribution in [2.75, 3.05) is 4.90 Å². The highest BCUT2D eigenvalue weighted by Gasteiger charge is 2.34. The Bertz CT molecular complexity index is 1530. The van der Waals surface area contributed by atoms with Crippen LogP contribution in [-0.2, 0) is 32.0 Å².